The maximum Gasteiger partial charge on any atom is 1.00 e. The Hall–Kier alpha value is 1.02. The van der Waals surface area contributed by atoms with Gasteiger partial charge >= 0.3 is 51.4 Å². The van der Waals surface area contributed by atoms with Gasteiger partial charge in [0.25, 0.3) is 0 Å². The Morgan fingerprint density at radius 2 is 0.969 bits per heavy atom. The molecule has 0 aliphatic rings. The monoisotopic (exact) mass is 499 g/mol. The third-order valence-electron chi connectivity index (χ3n) is 6.10. The summed E-state index contributed by atoms with van der Waals surface area (Å²) in [6, 6.07) is 0. The van der Waals surface area contributed by atoms with Crippen LogP contribution < -0.4 is 51.4 Å². The maximum absolute atomic E-state index is 11.9. The minimum Gasteiger partial charge on any atom is -0.748 e. The van der Waals surface area contributed by atoms with Crippen LogP contribution in [0.15, 0.2) is 0 Å². The van der Waals surface area contributed by atoms with Crippen molar-refractivity contribution in [3.05, 3.63) is 0 Å². The van der Waals surface area contributed by atoms with E-state index in [-0.39, 0.29) is 63.8 Å². The van der Waals surface area contributed by atoms with Crippen molar-refractivity contribution in [3.8, 4) is 0 Å². The molecule has 0 bridgehead atoms. The van der Waals surface area contributed by atoms with Crippen LogP contribution in [0.25, 0.3) is 0 Å². The molecule has 0 radical (unpaired) electrons. The van der Waals surface area contributed by atoms with Crippen molar-refractivity contribution < 1.29 is 69.1 Å². The number of carbonyl (C=O) groups is 1. The smallest absolute Gasteiger partial charge is 0.748 e. The Labute approximate surface area is 242 Å². The van der Waals surface area contributed by atoms with E-state index in [2.05, 4.69) is 6.92 Å². The predicted molar refractivity (Wildman–Crippen MR) is 130 cm³/mol. The molecule has 0 saturated carbocycles. The Morgan fingerprint density at radius 3 is 1.28 bits per heavy atom. The molecule has 0 aliphatic carbocycles. The van der Waals surface area contributed by atoms with Crippen molar-refractivity contribution in [2.45, 2.75) is 135 Å². The number of nitrogens with zero attached hydrogens (tertiary/aromatic N) is 1. The second kappa shape index (κ2) is 25.1. The van der Waals surface area contributed by atoms with Crippen LogP contribution in [-0.2, 0) is 14.9 Å². The molecule has 0 fully saturated rings. The molecule has 0 unspecified atom stereocenters. The van der Waals surface area contributed by atoms with Crippen molar-refractivity contribution in [2.24, 2.45) is 0 Å². The number of hydrogen-bond donors (Lipinski definition) is 0. The molecule has 0 heterocycles. The van der Waals surface area contributed by atoms with Crippen LogP contribution in [0, 0.1) is 0 Å². The summed E-state index contributed by atoms with van der Waals surface area (Å²) in [7, 11) is -2.69. The van der Waals surface area contributed by atoms with Gasteiger partial charge in [-0.3, -0.25) is 4.79 Å². The molecule has 0 aromatic carbocycles. The molecule has 0 spiro atoms. The van der Waals surface area contributed by atoms with Crippen molar-refractivity contribution in [1.29, 1.82) is 0 Å². The summed E-state index contributed by atoms with van der Waals surface area (Å²) < 4.78 is 31.8. The van der Waals surface area contributed by atoms with Gasteiger partial charge in [-0.1, -0.05) is 122 Å². The molecule has 0 rings (SSSR count). The van der Waals surface area contributed by atoms with E-state index in [1.165, 1.54) is 108 Å². The molecular formula is C25H50KNO4S. The molecule has 0 aliphatic heterocycles. The Morgan fingerprint density at radius 1 is 0.656 bits per heavy atom. The van der Waals surface area contributed by atoms with E-state index in [1.807, 2.05) is 0 Å². The standard InChI is InChI=1S/C25H51NO4S.K/c1-3-4-5-6-7-8-9-10-11-12-13-14-15-16-17-18-19-20-21-22-25(27)26(2)23-24-31(28,29)30;/h3-24H2,1-2H3,(H,28,29,30);/q;+1/p-1. The van der Waals surface area contributed by atoms with Crippen LogP contribution in [0.3, 0.4) is 0 Å². The summed E-state index contributed by atoms with van der Waals surface area (Å²) in [6.45, 7) is 2.26. The molecule has 0 N–H and O–H groups in total. The molecule has 1 amide bonds. The first-order valence-corrected chi connectivity index (χ1v) is 14.6. The SMILES string of the molecule is CCCCCCCCCCCCCCCCCCCCCC(=O)N(C)CCS(=O)(=O)[O-].[K+]. The number of hydrogen-bond acceptors (Lipinski definition) is 4. The summed E-state index contributed by atoms with van der Waals surface area (Å²) in [5, 5.41) is 0. The zero-order valence-corrected chi connectivity index (χ0v) is 25.5. The Bertz CT molecular complexity index is 514. The average Bonchev–Trinajstić information content (AvgIpc) is 2.72. The molecule has 0 saturated heterocycles. The molecule has 0 atom stereocenters. The van der Waals surface area contributed by atoms with Crippen LogP contribution in [0.4, 0.5) is 0 Å². The van der Waals surface area contributed by atoms with Crippen LogP contribution in [0.1, 0.15) is 135 Å². The second-order valence-corrected chi connectivity index (χ2v) is 10.7. The van der Waals surface area contributed by atoms with Crippen LogP contribution in [0.2, 0.25) is 0 Å². The molecular weight excluding hydrogens is 449 g/mol. The normalized spacial score (nSPS) is 11.3. The Kier molecular flexibility index (Phi) is 27.6. The van der Waals surface area contributed by atoms with Gasteiger partial charge < -0.3 is 9.45 Å². The third-order valence-corrected chi connectivity index (χ3v) is 6.78. The molecule has 0 aromatic rings. The van der Waals surface area contributed by atoms with Gasteiger partial charge in [0.1, 0.15) is 0 Å². The predicted octanol–water partition coefficient (Wildman–Crippen LogP) is 3.82. The number of amides is 1. The molecule has 0 aromatic heterocycles. The zero-order valence-electron chi connectivity index (χ0n) is 21.5. The summed E-state index contributed by atoms with van der Waals surface area (Å²) in [4.78, 5) is 13.2. The van der Waals surface area contributed by atoms with Crippen molar-refractivity contribution in [1.82, 2.24) is 4.90 Å². The fourth-order valence-electron chi connectivity index (χ4n) is 3.92. The second-order valence-electron chi connectivity index (χ2n) is 9.19. The quantitative estimate of drug-likeness (QED) is 0.122. The first kappa shape index (κ1) is 35.2. The maximum atomic E-state index is 11.9. The van der Waals surface area contributed by atoms with Gasteiger partial charge in [0.2, 0.25) is 5.91 Å². The van der Waals surface area contributed by atoms with Gasteiger partial charge in [0.15, 0.2) is 0 Å². The van der Waals surface area contributed by atoms with E-state index in [0.717, 1.165) is 19.3 Å². The van der Waals surface area contributed by atoms with Gasteiger partial charge in [0, 0.05) is 20.0 Å². The minimum absolute atomic E-state index is 0. The van der Waals surface area contributed by atoms with E-state index in [9.17, 15) is 17.8 Å². The fourth-order valence-corrected chi connectivity index (χ4v) is 4.42. The van der Waals surface area contributed by atoms with E-state index in [0.29, 0.717) is 6.42 Å². The number of unbranched alkanes of at least 4 members (excludes halogenated alkanes) is 18. The van der Waals surface area contributed by atoms with Crippen LogP contribution in [-0.4, -0.2) is 43.1 Å². The van der Waals surface area contributed by atoms with E-state index < -0.39 is 15.9 Å². The van der Waals surface area contributed by atoms with Crippen molar-refractivity contribution in [2.75, 3.05) is 19.3 Å². The van der Waals surface area contributed by atoms with Gasteiger partial charge in [-0.2, -0.15) is 0 Å². The average molecular weight is 500 g/mol. The summed E-state index contributed by atoms with van der Waals surface area (Å²) in [5.74, 6) is -0.579. The number of carbonyl (C=O) groups excluding carboxylic acids is 1. The van der Waals surface area contributed by atoms with Gasteiger partial charge in [-0.25, -0.2) is 8.42 Å². The number of rotatable bonds is 23. The van der Waals surface area contributed by atoms with Crippen LogP contribution >= 0.6 is 0 Å². The van der Waals surface area contributed by atoms with E-state index >= 15 is 0 Å². The Balaban J connectivity index is 0. The molecule has 186 valence electrons. The minimum atomic E-state index is -4.25. The molecule has 7 heteroatoms. The van der Waals surface area contributed by atoms with Crippen LogP contribution in [0.5, 0.6) is 0 Å². The molecule has 32 heavy (non-hydrogen) atoms. The van der Waals surface area contributed by atoms with E-state index in [1.54, 1.807) is 7.05 Å². The largest absolute Gasteiger partial charge is 1.00 e. The van der Waals surface area contributed by atoms with Crippen molar-refractivity contribution >= 4 is 16.0 Å². The van der Waals surface area contributed by atoms with Gasteiger partial charge in [0.05, 0.1) is 15.9 Å². The summed E-state index contributed by atoms with van der Waals surface area (Å²) in [6.07, 6.45) is 25.5. The first-order chi connectivity index (χ1) is 14.9. The van der Waals surface area contributed by atoms with Gasteiger partial charge in [-0.15, -0.1) is 0 Å². The fraction of sp³-hybridized carbons (Fsp3) is 0.960. The first-order valence-electron chi connectivity index (χ1n) is 13.0. The summed E-state index contributed by atoms with van der Waals surface area (Å²) in [5.41, 5.74) is 0. The van der Waals surface area contributed by atoms with E-state index in [4.69, 9.17) is 0 Å². The van der Waals surface area contributed by atoms with Crippen molar-refractivity contribution in [3.63, 3.8) is 0 Å². The van der Waals surface area contributed by atoms with Gasteiger partial charge in [-0.05, 0) is 6.42 Å². The zero-order chi connectivity index (χ0) is 23.2. The molecule has 5 nitrogen and oxygen atoms in total. The topological polar surface area (TPSA) is 77.5 Å². The third kappa shape index (κ3) is 27.3. The summed E-state index contributed by atoms with van der Waals surface area (Å²) >= 11 is 0.